The fraction of sp³-hybridized carbons (Fsp3) is 0.238. The normalized spacial score (nSPS) is 13.7. The van der Waals surface area contributed by atoms with Gasteiger partial charge in [0.1, 0.15) is 5.75 Å². The number of hydrogen-bond donors (Lipinski definition) is 1. The highest BCUT2D eigenvalue weighted by atomic mass is 16.5. The summed E-state index contributed by atoms with van der Waals surface area (Å²) in [7, 11) is 0. The van der Waals surface area contributed by atoms with E-state index in [-0.39, 0.29) is 18.4 Å². The number of nitrogens with zero attached hydrogens (tertiary/aromatic N) is 1. The molecule has 26 heavy (non-hydrogen) atoms. The fourth-order valence-electron chi connectivity index (χ4n) is 2.85. The first-order chi connectivity index (χ1) is 12.6. The van der Waals surface area contributed by atoms with Crippen LogP contribution in [0.15, 0.2) is 60.7 Å². The zero-order chi connectivity index (χ0) is 18.4. The summed E-state index contributed by atoms with van der Waals surface area (Å²) in [4.78, 5) is 25.1. The molecule has 2 aromatic rings. The van der Waals surface area contributed by atoms with Crippen LogP contribution < -0.4 is 10.1 Å². The molecule has 0 fully saturated rings. The molecule has 0 unspecified atom stereocenters. The van der Waals surface area contributed by atoms with Crippen molar-refractivity contribution in [2.45, 2.75) is 13.3 Å². The van der Waals surface area contributed by atoms with Crippen molar-refractivity contribution in [1.82, 2.24) is 4.90 Å². The van der Waals surface area contributed by atoms with Gasteiger partial charge in [-0.15, -0.1) is 0 Å². The Kier molecular flexibility index (Phi) is 5.69. The third kappa shape index (κ3) is 4.72. The molecule has 2 amide bonds. The molecule has 1 heterocycles. The maximum Gasteiger partial charge on any atom is 0.262 e. The zero-order valence-corrected chi connectivity index (χ0v) is 14.8. The minimum absolute atomic E-state index is 0.0372. The summed E-state index contributed by atoms with van der Waals surface area (Å²) < 4.78 is 5.55. The van der Waals surface area contributed by atoms with Gasteiger partial charge in [0, 0.05) is 25.7 Å². The Morgan fingerprint density at radius 3 is 2.42 bits per heavy atom. The molecule has 1 aliphatic heterocycles. The Labute approximate surface area is 153 Å². The van der Waals surface area contributed by atoms with Gasteiger partial charge in [-0.3, -0.25) is 9.59 Å². The van der Waals surface area contributed by atoms with Crippen LogP contribution in [0.5, 0.6) is 5.75 Å². The number of ether oxygens (including phenoxy) is 1. The Hall–Kier alpha value is -3.08. The topological polar surface area (TPSA) is 58.6 Å². The number of carbonyl (C=O) groups is 2. The van der Waals surface area contributed by atoms with E-state index in [1.807, 2.05) is 59.5 Å². The van der Waals surface area contributed by atoms with Crippen molar-refractivity contribution in [1.29, 1.82) is 0 Å². The van der Waals surface area contributed by atoms with E-state index in [2.05, 4.69) is 11.4 Å². The first-order valence-electron chi connectivity index (χ1n) is 8.64. The van der Waals surface area contributed by atoms with Crippen molar-refractivity contribution in [3.63, 3.8) is 0 Å². The van der Waals surface area contributed by atoms with Gasteiger partial charge < -0.3 is 15.0 Å². The first-order valence-corrected chi connectivity index (χ1v) is 8.64. The monoisotopic (exact) mass is 350 g/mol. The maximum absolute atomic E-state index is 11.9. The second-order valence-corrected chi connectivity index (χ2v) is 6.17. The van der Waals surface area contributed by atoms with Gasteiger partial charge >= 0.3 is 0 Å². The molecule has 0 spiro atoms. The predicted octanol–water partition coefficient (Wildman–Crippen LogP) is 3.34. The number of benzene rings is 2. The van der Waals surface area contributed by atoms with Crippen LogP contribution in [-0.2, 0) is 9.59 Å². The molecule has 0 radical (unpaired) electrons. The summed E-state index contributed by atoms with van der Waals surface area (Å²) in [6.45, 7) is 2.96. The van der Waals surface area contributed by atoms with Crippen LogP contribution in [0.2, 0.25) is 0 Å². The van der Waals surface area contributed by atoms with Gasteiger partial charge in [-0.2, -0.15) is 0 Å². The van der Waals surface area contributed by atoms with Gasteiger partial charge in [-0.05, 0) is 41.8 Å². The maximum atomic E-state index is 11.9. The molecule has 0 aliphatic carbocycles. The van der Waals surface area contributed by atoms with Crippen LogP contribution in [0.3, 0.4) is 0 Å². The van der Waals surface area contributed by atoms with Gasteiger partial charge in [0.05, 0.1) is 0 Å². The fourth-order valence-corrected chi connectivity index (χ4v) is 2.85. The summed E-state index contributed by atoms with van der Waals surface area (Å²) in [6, 6.07) is 17.0. The van der Waals surface area contributed by atoms with E-state index < -0.39 is 0 Å². The van der Waals surface area contributed by atoms with Crippen LogP contribution >= 0.6 is 0 Å². The van der Waals surface area contributed by atoms with Crippen LogP contribution in [-0.4, -0.2) is 36.4 Å². The summed E-state index contributed by atoms with van der Waals surface area (Å²) in [5.74, 6) is 0.566. The molecular formula is C21H22N2O3. The summed E-state index contributed by atoms with van der Waals surface area (Å²) in [5, 5.41) is 2.78. The molecule has 1 N–H and O–H groups in total. The number of para-hydroxylation sites is 1. The molecule has 5 nitrogen and oxygen atoms in total. The lowest BCUT2D eigenvalue weighted by Crippen LogP contribution is -2.32. The van der Waals surface area contributed by atoms with E-state index in [4.69, 9.17) is 4.74 Å². The van der Waals surface area contributed by atoms with E-state index in [1.165, 1.54) is 5.57 Å². The second-order valence-electron chi connectivity index (χ2n) is 6.17. The second kappa shape index (κ2) is 8.34. The SMILES string of the molecule is CC(=O)N1CC=C(c2ccc(OCC(=O)Nc3ccccc3)cc2)CC1. The predicted molar refractivity (Wildman–Crippen MR) is 102 cm³/mol. The molecule has 2 aromatic carbocycles. The molecule has 3 rings (SSSR count). The van der Waals surface area contributed by atoms with Crippen LogP contribution in [0, 0.1) is 0 Å². The quantitative estimate of drug-likeness (QED) is 0.900. The molecular weight excluding hydrogens is 328 g/mol. The molecule has 0 saturated heterocycles. The van der Waals surface area contributed by atoms with E-state index in [9.17, 15) is 9.59 Å². The minimum Gasteiger partial charge on any atom is -0.484 e. The molecule has 0 saturated carbocycles. The van der Waals surface area contributed by atoms with E-state index in [0.717, 1.165) is 24.2 Å². The Morgan fingerprint density at radius 2 is 1.81 bits per heavy atom. The number of nitrogens with one attached hydrogen (secondary N) is 1. The van der Waals surface area contributed by atoms with Crippen LogP contribution in [0.4, 0.5) is 5.69 Å². The van der Waals surface area contributed by atoms with Crippen molar-refractivity contribution in [3.8, 4) is 5.75 Å². The van der Waals surface area contributed by atoms with Gasteiger partial charge in [0.25, 0.3) is 5.91 Å². The third-order valence-electron chi connectivity index (χ3n) is 4.31. The van der Waals surface area contributed by atoms with Gasteiger partial charge in [0.2, 0.25) is 5.91 Å². The number of anilines is 1. The van der Waals surface area contributed by atoms with Crippen molar-refractivity contribution >= 4 is 23.1 Å². The summed E-state index contributed by atoms with van der Waals surface area (Å²) in [6.07, 6.45) is 2.94. The lowest BCUT2D eigenvalue weighted by Gasteiger charge is -2.25. The minimum atomic E-state index is -0.195. The molecule has 0 aromatic heterocycles. The van der Waals surface area contributed by atoms with Crippen molar-refractivity contribution in [2.24, 2.45) is 0 Å². The smallest absolute Gasteiger partial charge is 0.262 e. The Bertz CT molecular complexity index is 798. The number of carbonyl (C=O) groups excluding carboxylic acids is 2. The Balaban J connectivity index is 1.52. The van der Waals surface area contributed by atoms with Crippen molar-refractivity contribution in [3.05, 3.63) is 66.2 Å². The van der Waals surface area contributed by atoms with Gasteiger partial charge in [-0.25, -0.2) is 0 Å². The molecule has 5 heteroatoms. The van der Waals surface area contributed by atoms with Gasteiger partial charge in [-0.1, -0.05) is 36.4 Å². The number of rotatable bonds is 5. The zero-order valence-electron chi connectivity index (χ0n) is 14.8. The summed E-state index contributed by atoms with van der Waals surface area (Å²) in [5.41, 5.74) is 3.10. The lowest BCUT2D eigenvalue weighted by molar-refractivity contribution is -0.128. The molecule has 134 valence electrons. The lowest BCUT2D eigenvalue weighted by atomic mass is 9.99. The van der Waals surface area contributed by atoms with E-state index in [1.54, 1.807) is 6.92 Å². The van der Waals surface area contributed by atoms with E-state index in [0.29, 0.717) is 12.3 Å². The average molecular weight is 350 g/mol. The van der Waals surface area contributed by atoms with Crippen molar-refractivity contribution in [2.75, 3.05) is 25.0 Å². The van der Waals surface area contributed by atoms with E-state index >= 15 is 0 Å². The molecule has 0 atom stereocenters. The largest absolute Gasteiger partial charge is 0.484 e. The number of hydrogen-bond acceptors (Lipinski definition) is 3. The number of amides is 2. The molecule has 1 aliphatic rings. The third-order valence-corrected chi connectivity index (χ3v) is 4.31. The molecule has 0 bridgehead atoms. The van der Waals surface area contributed by atoms with Crippen molar-refractivity contribution < 1.29 is 14.3 Å². The highest BCUT2D eigenvalue weighted by Gasteiger charge is 2.14. The van der Waals surface area contributed by atoms with Crippen LogP contribution in [0.1, 0.15) is 18.9 Å². The standard InChI is InChI=1S/C21H22N2O3/c1-16(24)23-13-11-18(12-14-23)17-7-9-20(10-8-17)26-15-21(25)22-19-5-3-2-4-6-19/h2-11H,12-15H2,1H3,(H,22,25). The van der Waals surface area contributed by atoms with Crippen LogP contribution in [0.25, 0.3) is 5.57 Å². The summed E-state index contributed by atoms with van der Waals surface area (Å²) >= 11 is 0. The highest BCUT2D eigenvalue weighted by molar-refractivity contribution is 5.91. The average Bonchev–Trinajstić information content (AvgIpc) is 2.68. The Morgan fingerprint density at radius 1 is 1.08 bits per heavy atom. The van der Waals surface area contributed by atoms with Gasteiger partial charge in [0.15, 0.2) is 6.61 Å². The highest BCUT2D eigenvalue weighted by Crippen LogP contribution is 2.24. The first kappa shape index (κ1) is 17.7.